The van der Waals surface area contributed by atoms with Crippen LogP contribution in [0.2, 0.25) is 0 Å². The molecule has 0 saturated heterocycles. The monoisotopic (exact) mass is 409 g/mol. The molecule has 0 unspecified atom stereocenters. The van der Waals surface area contributed by atoms with Crippen molar-refractivity contribution in [2.75, 3.05) is 19.1 Å². The third kappa shape index (κ3) is 3.37. The average Bonchev–Trinajstić information content (AvgIpc) is 3.28. The van der Waals surface area contributed by atoms with Crippen LogP contribution in [0.15, 0.2) is 36.7 Å². The molecule has 0 aromatic carbocycles. The first kappa shape index (κ1) is 19.8. The van der Waals surface area contributed by atoms with Gasteiger partial charge in [-0.2, -0.15) is 5.10 Å². The third-order valence-electron chi connectivity index (χ3n) is 5.01. The lowest BCUT2D eigenvalue weighted by Gasteiger charge is -2.18. The van der Waals surface area contributed by atoms with E-state index in [9.17, 15) is 9.90 Å². The molecule has 3 aromatic heterocycles. The van der Waals surface area contributed by atoms with Gasteiger partial charge in [0, 0.05) is 24.0 Å². The average molecular weight is 409 g/mol. The standard InChI is InChI=1S/C21H23N5O4/c1-12(27)11-25-8-7-18(24-25)26-13(2)19-15(21(26)28)5-6-16(23-19)14-9-17(29-3)20(30-4)22-10-14/h5-10,12-13,27H,11H2,1-4H3/t12-,13-/m0/s1. The maximum atomic E-state index is 13.0. The maximum absolute atomic E-state index is 13.0. The number of amides is 1. The number of anilines is 1. The SMILES string of the molecule is COc1cc(-c2ccc3c(n2)[C@H](C)N(c2ccn(C[C@H](C)O)n2)C3=O)cnc1OC. The van der Waals surface area contributed by atoms with Crippen LogP contribution in [0.4, 0.5) is 5.82 Å². The Morgan fingerprint density at radius 2 is 2.03 bits per heavy atom. The summed E-state index contributed by atoms with van der Waals surface area (Å²) in [6, 6.07) is 6.86. The Labute approximate surface area is 173 Å². The Morgan fingerprint density at radius 1 is 1.23 bits per heavy atom. The number of hydrogen-bond acceptors (Lipinski definition) is 7. The Balaban J connectivity index is 1.67. The molecule has 0 radical (unpaired) electrons. The number of ether oxygens (including phenoxy) is 2. The predicted octanol–water partition coefficient (Wildman–Crippen LogP) is 2.46. The van der Waals surface area contributed by atoms with Crippen molar-refractivity contribution in [1.82, 2.24) is 19.7 Å². The van der Waals surface area contributed by atoms with Gasteiger partial charge in [0.15, 0.2) is 11.6 Å². The number of rotatable bonds is 6. The zero-order valence-electron chi connectivity index (χ0n) is 17.2. The molecule has 0 aliphatic carbocycles. The van der Waals surface area contributed by atoms with Crippen LogP contribution in [0.5, 0.6) is 11.6 Å². The van der Waals surface area contributed by atoms with Crippen molar-refractivity contribution >= 4 is 11.7 Å². The van der Waals surface area contributed by atoms with E-state index in [4.69, 9.17) is 14.5 Å². The molecule has 0 saturated carbocycles. The Kier molecular flexibility index (Phi) is 5.13. The molecule has 1 N–H and O–H groups in total. The third-order valence-corrected chi connectivity index (χ3v) is 5.01. The van der Waals surface area contributed by atoms with E-state index in [0.29, 0.717) is 40.9 Å². The maximum Gasteiger partial charge on any atom is 0.262 e. The van der Waals surface area contributed by atoms with E-state index < -0.39 is 6.10 Å². The van der Waals surface area contributed by atoms with E-state index in [1.165, 1.54) is 7.11 Å². The first-order chi connectivity index (χ1) is 14.4. The number of aromatic nitrogens is 4. The second-order valence-corrected chi connectivity index (χ2v) is 7.16. The molecule has 9 heteroatoms. The van der Waals surface area contributed by atoms with Crippen molar-refractivity contribution in [3.05, 3.63) is 47.9 Å². The molecular weight excluding hydrogens is 386 g/mol. The highest BCUT2D eigenvalue weighted by Gasteiger charge is 2.37. The normalized spacial score (nSPS) is 16.5. The molecule has 0 fully saturated rings. The number of carbonyl (C=O) groups is 1. The minimum atomic E-state index is -0.527. The highest BCUT2D eigenvalue weighted by Crippen LogP contribution is 2.37. The Hall–Kier alpha value is -3.46. The van der Waals surface area contributed by atoms with Crippen molar-refractivity contribution < 1.29 is 19.4 Å². The lowest BCUT2D eigenvalue weighted by atomic mass is 10.1. The molecule has 0 spiro atoms. The van der Waals surface area contributed by atoms with Gasteiger partial charge in [-0.25, -0.2) is 9.97 Å². The molecule has 30 heavy (non-hydrogen) atoms. The molecular formula is C21H23N5O4. The molecule has 156 valence electrons. The van der Waals surface area contributed by atoms with Gasteiger partial charge in [0.1, 0.15) is 0 Å². The zero-order valence-corrected chi connectivity index (χ0v) is 17.2. The van der Waals surface area contributed by atoms with Gasteiger partial charge in [-0.1, -0.05) is 0 Å². The molecule has 3 aromatic rings. The quantitative estimate of drug-likeness (QED) is 0.667. The Bertz CT molecular complexity index is 1090. The summed E-state index contributed by atoms with van der Waals surface area (Å²) in [4.78, 5) is 23.6. The van der Waals surface area contributed by atoms with E-state index in [1.807, 2.05) is 6.92 Å². The number of carbonyl (C=O) groups excluding carboxylic acids is 1. The first-order valence-corrected chi connectivity index (χ1v) is 9.57. The lowest BCUT2D eigenvalue weighted by Crippen LogP contribution is -2.27. The van der Waals surface area contributed by atoms with E-state index in [2.05, 4.69) is 10.1 Å². The van der Waals surface area contributed by atoms with Gasteiger partial charge in [-0.05, 0) is 32.0 Å². The number of nitrogens with zero attached hydrogens (tertiary/aromatic N) is 5. The first-order valence-electron chi connectivity index (χ1n) is 9.57. The van der Waals surface area contributed by atoms with Crippen LogP contribution in [0.25, 0.3) is 11.3 Å². The fraction of sp³-hybridized carbons (Fsp3) is 0.333. The molecule has 2 atom stereocenters. The van der Waals surface area contributed by atoms with Crippen LogP contribution in [-0.2, 0) is 6.54 Å². The molecule has 0 bridgehead atoms. The smallest absolute Gasteiger partial charge is 0.262 e. The topological polar surface area (TPSA) is 103 Å². The molecule has 1 amide bonds. The highest BCUT2D eigenvalue weighted by atomic mass is 16.5. The van der Waals surface area contributed by atoms with E-state index in [-0.39, 0.29) is 11.9 Å². The number of aliphatic hydroxyl groups is 1. The van der Waals surface area contributed by atoms with Gasteiger partial charge in [-0.15, -0.1) is 0 Å². The second-order valence-electron chi connectivity index (χ2n) is 7.16. The number of methoxy groups -OCH3 is 2. The summed E-state index contributed by atoms with van der Waals surface area (Å²) in [5.41, 5.74) is 2.67. The highest BCUT2D eigenvalue weighted by molar-refractivity contribution is 6.10. The predicted molar refractivity (Wildman–Crippen MR) is 110 cm³/mol. The van der Waals surface area contributed by atoms with Gasteiger partial charge in [0.2, 0.25) is 0 Å². The summed E-state index contributed by atoms with van der Waals surface area (Å²) in [7, 11) is 3.08. The largest absolute Gasteiger partial charge is 0.491 e. The van der Waals surface area contributed by atoms with E-state index in [1.54, 1.807) is 60.3 Å². The summed E-state index contributed by atoms with van der Waals surface area (Å²) < 4.78 is 12.1. The summed E-state index contributed by atoms with van der Waals surface area (Å²) in [6.07, 6.45) is 2.88. The van der Waals surface area contributed by atoms with Crippen molar-refractivity contribution in [3.63, 3.8) is 0 Å². The number of fused-ring (bicyclic) bond motifs is 1. The van der Waals surface area contributed by atoms with E-state index >= 15 is 0 Å². The van der Waals surface area contributed by atoms with Crippen molar-refractivity contribution in [2.45, 2.75) is 32.5 Å². The number of aliphatic hydroxyl groups excluding tert-OH is 1. The van der Waals surface area contributed by atoms with Gasteiger partial charge in [0.05, 0.1) is 49.9 Å². The second kappa shape index (κ2) is 7.75. The molecule has 1 aliphatic rings. The van der Waals surface area contributed by atoms with Crippen molar-refractivity contribution in [1.29, 1.82) is 0 Å². The zero-order chi connectivity index (χ0) is 21.4. The van der Waals surface area contributed by atoms with Gasteiger partial charge in [0.25, 0.3) is 11.8 Å². The summed E-state index contributed by atoms with van der Waals surface area (Å²) in [6.45, 7) is 3.97. The number of pyridine rings is 2. The van der Waals surface area contributed by atoms with Crippen LogP contribution in [0.1, 0.15) is 35.9 Å². The minimum Gasteiger partial charge on any atom is -0.491 e. The molecule has 4 rings (SSSR count). The van der Waals surface area contributed by atoms with Crippen LogP contribution in [0, 0.1) is 0 Å². The molecule has 4 heterocycles. The minimum absolute atomic E-state index is 0.149. The fourth-order valence-electron chi connectivity index (χ4n) is 3.59. The Morgan fingerprint density at radius 3 is 2.73 bits per heavy atom. The van der Waals surface area contributed by atoms with Crippen LogP contribution in [0.3, 0.4) is 0 Å². The summed E-state index contributed by atoms with van der Waals surface area (Å²) in [5, 5.41) is 14.0. The molecule has 1 aliphatic heterocycles. The van der Waals surface area contributed by atoms with E-state index in [0.717, 1.165) is 5.56 Å². The van der Waals surface area contributed by atoms with Gasteiger partial charge >= 0.3 is 0 Å². The van der Waals surface area contributed by atoms with Crippen molar-refractivity contribution in [2.24, 2.45) is 0 Å². The fourth-order valence-corrected chi connectivity index (χ4v) is 3.59. The lowest BCUT2D eigenvalue weighted by molar-refractivity contribution is 0.0991. The number of hydrogen-bond donors (Lipinski definition) is 1. The van der Waals surface area contributed by atoms with Crippen molar-refractivity contribution in [3.8, 4) is 22.9 Å². The van der Waals surface area contributed by atoms with Crippen LogP contribution < -0.4 is 14.4 Å². The molecule has 9 nitrogen and oxygen atoms in total. The van der Waals surface area contributed by atoms with Crippen LogP contribution in [-0.4, -0.2) is 51.1 Å². The van der Waals surface area contributed by atoms with Gasteiger partial charge in [-0.3, -0.25) is 14.4 Å². The van der Waals surface area contributed by atoms with Gasteiger partial charge < -0.3 is 14.6 Å². The summed E-state index contributed by atoms with van der Waals surface area (Å²) in [5.74, 6) is 1.28. The van der Waals surface area contributed by atoms with Crippen LogP contribution >= 0.6 is 0 Å². The summed E-state index contributed by atoms with van der Waals surface area (Å²) >= 11 is 0.